The molecule has 0 radical (unpaired) electrons. The molecule has 0 bridgehead atoms. The van der Waals surface area contributed by atoms with Crippen LogP contribution in [-0.4, -0.2) is 4.98 Å². The minimum atomic E-state index is 0.639. The van der Waals surface area contributed by atoms with E-state index in [1.165, 1.54) is 5.56 Å². The third-order valence-corrected chi connectivity index (χ3v) is 4.16. The number of benzene rings is 3. The van der Waals surface area contributed by atoms with Gasteiger partial charge in [-0.05, 0) is 29.8 Å². The zero-order valence-electron chi connectivity index (χ0n) is 12.3. The SMILES string of the molecule is c1ccc(-c2nc3cc4c(cc3o2)Oc2ccccc2C4)cc1. The predicted molar refractivity (Wildman–Crippen MR) is 88.8 cm³/mol. The first-order valence-corrected chi connectivity index (χ1v) is 7.61. The zero-order chi connectivity index (χ0) is 15.2. The molecule has 0 fully saturated rings. The standard InChI is InChI=1S/C20H13NO2/c1-2-6-13(7-3-1)20-21-16-11-15-10-14-8-4-5-9-17(14)22-18(15)12-19(16)23-20/h1-9,11-12H,10H2. The lowest BCUT2D eigenvalue weighted by atomic mass is 10.00. The van der Waals surface area contributed by atoms with Crippen LogP contribution in [0.5, 0.6) is 11.5 Å². The maximum absolute atomic E-state index is 6.01. The van der Waals surface area contributed by atoms with Crippen LogP contribution in [0.4, 0.5) is 0 Å². The number of para-hydroxylation sites is 1. The Balaban J connectivity index is 1.64. The first kappa shape index (κ1) is 12.5. The van der Waals surface area contributed by atoms with Gasteiger partial charge in [-0.3, -0.25) is 0 Å². The molecule has 3 nitrogen and oxygen atoms in total. The maximum atomic E-state index is 6.01. The van der Waals surface area contributed by atoms with E-state index in [0.717, 1.165) is 40.1 Å². The highest BCUT2D eigenvalue weighted by Crippen LogP contribution is 2.39. The Kier molecular flexibility index (Phi) is 2.56. The molecule has 110 valence electrons. The molecular formula is C20H13NO2. The molecule has 0 saturated carbocycles. The molecule has 2 heterocycles. The summed E-state index contributed by atoms with van der Waals surface area (Å²) >= 11 is 0. The van der Waals surface area contributed by atoms with Gasteiger partial charge in [0, 0.05) is 23.6 Å². The molecule has 0 N–H and O–H groups in total. The summed E-state index contributed by atoms with van der Waals surface area (Å²) in [5.41, 5.74) is 4.94. The molecule has 0 saturated heterocycles. The summed E-state index contributed by atoms with van der Waals surface area (Å²) in [6.07, 6.45) is 0.856. The van der Waals surface area contributed by atoms with Crippen LogP contribution >= 0.6 is 0 Å². The van der Waals surface area contributed by atoms with Crippen LogP contribution in [-0.2, 0) is 6.42 Å². The highest BCUT2D eigenvalue weighted by Gasteiger charge is 2.19. The van der Waals surface area contributed by atoms with E-state index in [2.05, 4.69) is 17.1 Å². The lowest BCUT2D eigenvalue weighted by Gasteiger charge is -2.19. The van der Waals surface area contributed by atoms with Crippen molar-refractivity contribution >= 4 is 11.1 Å². The van der Waals surface area contributed by atoms with Gasteiger partial charge in [0.2, 0.25) is 5.89 Å². The lowest BCUT2D eigenvalue weighted by Crippen LogP contribution is -2.02. The minimum Gasteiger partial charge on any atom is -0.457 e. The summed E-state index contributed by atoms with van der Waals surface area (Å²) in [5.74, 6) is 2.41. The largest absolute Gasteiger partial charge is 0.457 e. The van der Waals surface area contributed by atoms with Gasteiger partial charge in [0.25, 0.3) is 0 Å². The second-order valence-electron chi connectivity index (χ2n) is 5.70. The second-order valence-corrected chi connectivity index (χ2v) is 5.70. The quantitative estimate of drug-likeness (QED) is 0.427. The van der Waals surface area contributed by atoms with Gasteiger partial charge < -0.3 is 9.15 Å². The Labute approximate surface area is 133 Å². The fourth-order valence-electron chi connectivity index (χ4n) is 3.01. The number of oxazole rings is 1. The van der Waals surface area contributed by atoms with Crippen LogP contribution < -0.4 is 4.74 Å². The van der Waals surface area contributed by atoms with Crippen LogP contribution in [0.1, 0.15) is 11.1 Å². The third kappa shape index (κ3) is 2.01. The van der Waals surface area contributed by atoms with Crippen LogP contribution in [0.15, 0.2) is 71.1 Å². The van der Waals surface area contributed by atoms with Crippen LogP contribution in [0.25, 0.3) is 22.6 Å². The van der Waals surface area contributed by atoms with Crippen LogP contribution in [0.2, 0.25) is 0 Å². The number of fused-ring (bicyclic) bond motifs is 3. The van der Waals surface area contributed by atoms with Gasteiger partial charge in [-0.15, -0.1) is 0 Å². The average Bonchev–Trinajstić information content (AvgIpc) is 3.01. The summed E-state index contributed by atoms with van der Waals surface area (Å²) in [6, 6.07) is 22.1. The molecule has 4 aromatic rings. The van der Waals surface area contributed by atoms with Crippen molar-refractivity contribution in [3.8, 4) is 23.0 Å². The third-order valence-electron chi connectivity index (χ3n) is 4.16. The molecule has 0 aliphatic carbocycles. The Morgan fingerprint density at radius 2 is 1.61 bits per heavy atom. The van der Waals surface area contributed by atoms with Crippen molar-refractivity contribution in [2.45, 2.75) is 6.42 Å². The molecule has 3 aromatic carbocycles. The Morgan fingerprint density at radius 3 is 2.52 bits per heavy atom. The summed E-state index contributed by atoms with van der Waals surface area (Å²) in [6.45, 7) is 0. The maximum Gasteiger partial charge on any atom is 0.227 e. The number of hydrogen-bond acceptors (Lipinski definition) is 3. The van der Waals surface area contributed by atoms with E-state index in [-0.39, 0.29) is 0 Å². The number of hydrogen-bond donors (Lipinski definition) is 0. The van der Waals surface area contributed by atoms with E-state index in [0.29, 0.717) is 5.89 Å². The molecule has 1 aromatic heterocycles. The number of rotatable bonds is 1. The van der Waals surface area contributed by atoms with E-state index in [9.17, 15) is 0 Å². The summed E-state index contributed by atoms with van der Waals surface area (Å²) < 4.78 is 11.9. The first-order chi connectivity index (χ1) is 11.4. The van der Waals surface area contributed by atoms with Gasteiger partial charge in [-0.2, -0.15) is 0 Å². The highest BCUT2D eigenvalue weighted by molar-refractivity contribution is 5.80. The van der Waals surface area contributed by atoms with E-state index in [1.807, 2.05) is 54.6 Å². The molecule has 0 atom stereocenters. The summed E-state index contributed by atoms with van der Waals surface area (Å²) in [7, 11) is 0. The van der Waals surface area contributed by atoms with E-state index in [1.54, 1.807) is 0 Å². The molecule has 3 heteroatoms. The zero-order valence-corrected chi connectivity index (χ0v) is 12.3. The van der Waals surface area contributed by atoms with E-state index < -0.39 is 0 Å². The molecular weight excluding hydrogens is 286 g/mol. The summed E-state index contributed by atoms with van der Waals surface area (Å²) in [4.78, 5) is 4.62. The lowest BCUT2D eigenvalue weighted by molar-refractivity contribution is 0.459. The van der Waals surface area contributed by atoms with Crippen LogP contribution in [0.3, 0.4) is 0 Å². The van der Waals surface area contributed by atoms with E-state index in [4.69, 9.17) is 9.15 Å². The van der Waals surface area contributed by atoms with Crippen molar-refractivity contribution in [2.75, 3.05) is 0 Å². The number of nitrogens with zero attached hydrogens (tertiary/aromatic N) is 1. The normalized spacial score (nSPS) is 12.5. The molecule has 0 unspecified atom stereocenters. The molecule has 5 rings (SSSR count). The average molecular weight is 299 g/mol. The van der Waals surface area contributed by atoms with Crippen molar-refractivity contribution in [3.63, 3.8) is 0 Å². The predicted octanol–water partition coefficient (Wildman–Crippen LogP) is 5.19. The van der Waals surface area contributed by atoms with Gasteiger partial charge in [0.1, 0.15) is 17.0 Å². The van der Waals surface area contributed by atoms with Crippen molar-refractivity contribution in [3.05, 3.63) is 77.9 Å². The van der Waals surface area contributed by atoms with Crippen LogP contribution in [0, 0.1) is 0 Å². The van der Waals surface area contributed by atoms with Crippen molar-refractivity contribution in [2.24, 2.45) is 0 Å². The van der Waals surface area contributed by atoms with Gasteiger partial charge >= 0.3 is 0 Å². The topological polar surface area (TPSA) is 35.3 Å². The smallest absolute Gasteiger partial charge is 0.227 e. The molecule has 1 aliphatic rings. The monoisotopic (exact) mass is 299 g/mol. The van der Waals surface area contributed by atoms with Crippen molar-refractivity contribution in [1.82, 2.24) is 4.98 Å². The fraction of sp³-hybridized carbons (Fsp3) is 0.0500. The minimum absolute atomic E-state index is 0.639. The van der Waals surface area contributed by atoms with E-state index >= 15 is 0 Å². The van der Waals surface area contributed by atoms with Gasteiger partial charge in [-0.1, -0.05) is 36.4 Å². The molecule has 23 heavy (non-hydrogen) atoms. The molecule has 0 spiro atoms. The number of ether oxygens (including phenoxy) is 1. The van der Waals surface area contributed by atoms with Crippen molar-refractivity contribution < 1.29 is 9.15 Å². The second kappa shape index (κ2) is 4.71. The van der Waals surface area contributed by atoms with Gasteiger partial charge in [-0.25, -0.2) is 4.98 Å². The van der Waals surface area contributed by atoms with Gasteiger partial charge in [0.15, 0.2) is 5.58 Å². The Hall–Kier alpha value is -3.07. The first-order valence-electron chi connectivity index (χ1n) is 7.61. The fourth-order valence-corrected chi connectivity index (χ4v) is 3.01. The molecule has 0 amide bonds. The Morgan fingerprint density at radius 1 is 0.783 bits per heavy atom. The summed E-state index contributed by atoms with van der Waals surface area (Å²) in [5, 5.41) is 0. The molecule has 1 aliphatic heterocycles. The Bertz CT molecular complexity index is 956. The number of aromatic nitrogens is 1. The highest BCUT2D eigenvalue weighted by atomic mass is 16.5. The van der Waals surface area contributed by atoms with Gasteiger partial charge in [0.05, 0.1) is 0 Å². The van der Waals surface area contributed by atoms with Crippen molar-refractivity contribution in [1.29, 1.82) is 0 Å².